The molecule has 0 aliphatic carbocycles. The molecule has 0 saturated heterocycles. The second kappa shape index (κ2) is 48.1. The third-order valence-electron chi connectivity index (χ3n) is 13.9. The van der Waals surface area contributed by atoms with Crippen LogP contribution in [0.15, 0.2) is 109 Å². The van der Waals surface area contributed by atoms with Gasteiger partial charge in [-0.3, -0.25) is 0 Å². The van der Waals surface area contributed by atoms with Crippen LogP contribution < -0.4 is 10.5 Å². The first-order valence-corrected chi connectivity index (χ1v) is 43.4. The van der Waals surface area contributed by atoms with E-state index in [0.29, 0.717) is 61.0 Å². The van der Waals surface area contributed by atoms with Crippen LogP contribution >= 0.6 is 73.2 Å². The highest BCUT2D eigenvalue weighted by molar-refractivity contribution is 9.08. The number of rotatable bonds is 25. The van der Waals surface area contributed by atoms with Gasteiger partial charge in [-0.25, -0.2) is 38.4 Å². The number of nitriles is 1. The number of aryl methyl sites for hydroxylation is 7. The van der Waals surface area contributed by atoms with E-state index in [-0.39, 0.29) is 47.5 Å². The van der Waals surface area contributed by atoms with Gasteiger partial charge in [0.15, 0.2) is 4.30 Å². The maximum atomic E-state index is 13.3. The molecule has 111 heavy (non-hydrogen) atoms. The van der Waals surface area contributed by atoms with E-state index in [1.165, 1.54) is 39.0 Å². The quantitative estimate of drug-likeness (QED) is 0.0180. The van der Waals surface area contributed by atoms with E-state index in [1.807, 2.05) is 44.3 Å². The molecule has 628 valence electrons. The molecular formula is C71H91BrCl4F15N7O8S5. The standard InChI is InChI=1S/C23H31F3N2O4S2.C14H21F3N2O2S.C10H8F3NS.C9H8BrF3.C9H8ClF3O2S.C5H14N2.CHCl3/c1-17-9-18(2)11-20(10-17)15-33(29,30)28(8-6-7-27(4)5)34(31,32)16-21-12-19(3)13-22(14-21)23(24,25)26;1-11-7-12(9-13(8-11)14(15,16)17)10-22(20,21)18-5-4-6-19(2)3;1-7-2-8(5-15-6-14)4-9(3-7)10(11,12)13;1-6-2-7(5-10)4-8(3-6)9(11,12)13;1-6-2-7(5-16(10,14)15)4-8(3-6)9(11,12)13;1-7(2)5-3-4-6;2-1(3)4/h9-14H,6-8,15-16H2,1-5H3;7-9,18H,4-6,10H2,1-3H3;2-4H,5H2,1H3;2-4H,5H2,1H3;2-4H,5H2,1H3;3-6H2,1-2H3;1H. The summed E-state index contributed by atoms with van der Waals surface area (Å²) in [5.41, 5.74) is 6.81. The van der Waals surface area contributed by atoms with E-state index >= 15 is 0 Å². The third kappa shape index (κ3) is 47.8. The molecule has 0 bridgehead atoms. The van der Waals surface area contributed by atoms with Gasteiger partial charge in [-0.2, -0.15) is 71.1 Å². The lowest BCUT2D eigenvalue weighted by Crippen LogP contribution is -2.40. The van der Waals surface area contributed by atoms with Crippen molar-refractivity contribution in [3.63, 3.8) is 0 Å². The number of nitrogens with one attached hydrogen (secondary N) is 1. The zero-order chi connectivity index (χ0) is 86.2. The molecule has 15 nitrogen and oxygen atoms in total. The number of hydrogen-bond acceptors (Lipinski definition) is 14. The highest BCUT2D eigenvalue weighted by atomic mass is 79.9. The Hall–Kier alpha value is -4.69. The molecule has 6 rings (SSSR count). The van der Waals surface area contributed by atoms with Crippen molar-refractivity contribution in [2.45, 2.75) is 137 Å². The number of thiocyanates is 1. The Labute approximate surface area is 674 Å². The Balaban J connectivity index is 0.00000137. The van der Waals surface area contributed by atoms with Crippen LogP contribution in [-0.2, 0) is 104 Å². The summed E-state index contributed by atoms with van der Waals surface area (Å²) < 4.78 is 290. The van der Waals surface area contributed by atoms with Gasteiger partial charge < -0.3 is 20.4 Å². The number of thioether (sulfide) groups is 1. The van der Waals surface area contributed by atoms with E-state index in [9.17, 15) is 99.5 Å². The third-order valence-corrected chi connectivity index (χ3v) is 21.9. The molecule has 0 amide bonds. The summed E-state index contributed by atoms with van der Waals surface area (Å²) in [7, 11) is 0.0558. The van der Waals surface area contributed by atoms with Gasteiger partial charge in [0, 0.05) is 34.9 Å². The fourth-order valence-corrected chi connectivity index (χ4v) is 16.6. The molecule has 40 heteroatoms. The maximum Gasteiger partial charge on any atom is 0.416 e. The number of nitrogens with two attached hydrogens (primary N) is 1. The molecule has 0 aromatic heterocycles. The predicted molar refractivity (Wildman–Crippen MR) is 417 cm³/mol. The minimum Gasteiger partial charge on any atom is -0.330 e. The molecule has 6 aromatic rings. The van der Waals surface area contributed by atoms with Crippen LogP contribution in [-0.4, -0.2) is 138 Å². The van der Waals surface area contributed by atoms with Crippen molar-refractivity contribution in [3.05, 3.63) is 209 Å². The van der Waals surface area contributed by atoms with Gasteiger partial charge in [-0.05, 0) is 242 Å². The van der Waals surface area contributed by atoms with Crippen LogP contribution in [0.5, 0.6) is 0 Å². The van der Waals surface area contributed by atoms with Crippen LogP contribution in [0.2, 0.25) is 0 Å². The molecule has 0 aliphatic heterocycles. The highest BCUT2D eigenvalue weighted by Gasteiger charge is 2.38. The number of hydrogen-bond donors (Lipinski definition) is 2. The van der Waals surface area contributed by atoms with Gasteiger partial charge in [0.25, 0.3) is 0 Å². The van der Waals surface area contributed by atoms with E-state index in [2.05, 4.69) is 39.6 Å². The number of nitrogens with zero attached hydrogens (tertiary/aromatic N) is 5. The number of benzene rings is 6. The highest BCUT2D eigenvalue weighted by Crippen LogP contribution is 2.36. The monoisotopic (exact) mass is 1830 g/mol. The Morgan fingerprint density at radius 1 is 0.423 bits per heavy atom. The van der Waals surface area contributed by atoms with Crippen molar-refractivity contribution in [3.8, 4) is 5.40 Å². The number of sulfonamides is 3. The Bertz CT molecular complexity index is 4380. The smallest absolute Gasteiger partial charge is 0.330 e. The van der Waals surface area contributed by atoms with Crippen molar-refractivity contribution in [1.82, 2.24) is 23.1 Å². The lowest BCUT2D eigenvalue weighted by atomic mass is 10.1. The Kier molecular flexibility index (Phi) is 46.1. The van der Waals surface area contributed by atoms with Crippen LogP contribution in [0.25, 0.3) is 0 Å². The summed E-state index contributed by atoms with van der Waals surface area (Å²) in [5.74, 6) is -2.18. The Morgan fingerprint density at radius 3 is 0.991 bits per heavy atom. The molecule has 0 unspecified atom stereocenters. The largest absolute Gasteiger partial charge is 0.416 e. The summed E-state index contributed by atoms with van der Waals surface area (Å²) in [6.07, 6.45) is -20.2. The first kappa shape index (κ1) is 106. The summed E-state index contributed by atoms with van der Waals surface area (Å²) in [6, 6.07) is 22.5. The lowest BCUT2D eigenvalue weighted by molar-refractivity contribution is -0.138. The topological polar surface area (TPSA) is 211 Å². The molecule has 3 N–H and O–H groups in total. The van der Waals surface area contributed by atoms with Gasteiger partial charge >= 0.3 is 30.9 Å². The van der Waals surface area contributed by atoms with Crippen LogP contribution in [0, 0.1) is 59.1 Å². The van der Waals surface area contributed by atoms with Crippen molar-refractivity contribution < 1.29 is 99.5 Å². The molecule has 0 saturated carbocycles. The van der Waals surface area contributed by atoms with Gasteiger partial charge in [0.1, 0.15) is 5.40 Å². The average molecular weight is 1840 g/mol. The minimum absolute atomic E-state index is 0.0299. The zero-order valence-corrected chi connectivity index (χ0v) is 71.4. The molecule has 0 radical (unpaired) electrons. The van der Waals surface area contributed by atoms with Crippen molar-refractivity contribution in [2.75, 3.05) is 81.6 Å². The van der Waals surface area contributed by atoms with Crippen LogP contribution in [0.4, 0.5) is 65.9 Å². The number of alkyl halides is 19. The fraction of sp³-hybridized carbons (Fsp3) is 0.479. The van der Waals surface area contributed by atoms with E-state index in [0.717, 1.165) is 110 Å². The van der Waals surface area contributed by atoms with Gasteiger partial charge in [0.2, 0.25) is 39.1 Å². The second-order valence-corrected chi connectivity index (χ2v) is 37.8. The van der Waals surface area contributed by atoms with Gasteiger partial charge in [-0.15, -0.1) is 0 Å². The molecule has 0 spiro atoms. The maximum absolute atomic E-state index is 13.3. The first-order valence-electron chi connectivity index (χ1n) is 32.7. The summed E-state index contributed by atoms with van der Waals surface area (Å²) >= 11 is 18.5. The van der Waals surface area contributed by atoms with E-state index in [4.69, 9.17) is 56.5 Å². The zero-order valence-electron chi connectivity index (χ0n) is 62.8. The minimum atomic E-state index is -4.65. The second-order valence-electron chi connectivity index (χ2n) is 25.9. The SMILES string of the molecule is CN(C)CCCN.Cc1cc(C)cc(CS(=O)(=O)N(CCCN(C)C)S(=O)(=O)Cc2cc(C)cc(C(F)(F)F)c2)c1.Cc1cc(CBr)cc(C(F)(F)F)c1.Cc1cc(CS(=O)(=O)Cl)cc(C(F)(F)F)c1.Cc1cc(CS(=O)(=O)NCCCN(C)C)cc(C(F)(F)F)c1.Cc1cc(CSC#N)cc(C(F)(F)F)c1.ClC(Cl)Cl. The van der Waals surface area contributed by atoms with Crippen molar-refractivity contribution >= 4 is 112 Å². The average Bonchev–Trinajstić information content (AvgIpc) is 0.786. The fourth-order valence-electron chi connectivity index (χ4n) is 9.84. The number of halogens is 20. The summed E-state index contributed by atoms with van der Waals surface area (Å²) in [5, 5.41) is 10.6. The normalized spacial score (nSPS) is 12.3. The summed E-state index contributed by atoms with van der Waals surface area (Å²) in [4.78, 5) is 5.84. The molecule has 0 heterocycles. The van der Waals surface area contributed by atoms with Crippen molar-refractivity contribution in [2.24, 2.45) is 5.73 Å². The van der Waals surface area contributed by atoms with Crippen LogP contribution in [0.3, 0.4) is 0 Å². The van der Waals surface area contributed by atoms with E-state index < -0.39 is 125 Å². The molecule has 0 atom stereocenters. The molecule has 0 aliphatic rings. The molecule has 6 aromatic carbocycles. The van der Waals surface area contributed by atoms with E-state index in [1.54, 1.807) is 57.1 Å². The Morgan fingerprint density at radius 2 is 0.694 bits per heavy atom. The van der Waals surface area contributed by atoms with Crippen molar-refractivity contribution in [1.29, 1.82) is 5.26 Å². The van der Waals surface area contributed by atoms with Gasteiger partial charge in [-0.1, -0.05) is 142 Å². The lowest BCUT2D eigenvalue weighted by Gasteiger charge is -2.23. The summed E-state index contributed by atoms with van der Waals surface area (Å²) in [6.45, 7) is 14.3. The predicted octanol–water partition coefficient (Wildman–Crippen LogP) is 19.2. The molecule has 0 fully saturated rings. The first-order chi connectivity index (χ1) is 50.4. The molecular weight excluding hydrogens is 1750 g/mol. The van der Waals surface area contributed by atoms with Gasteiger partial charge in [0.05, 0.1) is 50.8 Å². The van der Waals surface area contributed by atoms with Crippen LogP contribution in [0.1, 0.15) is 119 Å².